The van der Waals surface area contributed by atoms with Crippen molar-refractivity contribution in [3.8, 4) is 0 Å². The Morgan fingerprint density at radius 3 is 0.709 bits per heavy atom. The zero-order chi connectivity index (χ0) is 57.1. The second-order valence-electron chi connectivity index (χ2n) is 24.2. The van der Waals surface area contributed by atoms with Crippen LogP contribution in [0.5, 0.6) is 0 Å². The molecular formula is C73H136O6. The minimum absolute atomic E-state index is 0.0670. The monoisotopic (exact) mass is 1110 g/mol. The van der Waals surface area contributed by atoms with Gasteiger partial charge in [-0.1, -0.05) is 353 Å². The molecule has 0 heterocycles. The molecule has 0 aromatic carbocycles. The van der Waals surface area contributed by atoms with Gasteiger partial charge in [0, 0.05) is 19.3 Å². The van der Waals surface area contributed by atoms with Crippen molar-refractivity contribution in [1.29, 1.82) is 0 Å². The molecule has 0 N–H and O–H groups in total. The van der Waals surface area contributed by atoms with E-state index in [1.807, 2.05) is 0 Å². The number of allylic oxidation sites excluding steroid dienone is 6. The summed E-state index contributed by atoms with van der Waals surface area (Å²) in [4.78, 5) is 38.4. The maximum absolute atomic E-state index is 13.0. The average Bonchev–Trinajstić information content (AvgIpc) is 3.45. The molecule has 0 saturated heterocycles. The van der Waals surface area contributed by atoms with Crippen molar-refractivity contribution in [3.63, 3.8) is 0 Å². The van der Waals surface area contributed by atoms with E-state index in [2.05, 4.69) is 57.2 Å². The van der Waals surface area contributed by atoms with Gasteiger partial charge in [-0.15, -0.1) is 0 Å². The SMILES string of the molecule is CCCCCCC/C=C\C/C=C\C/C=C\CCCCCCCCCCCCC(=O)OCC(COC(=O)CCCCCCCCCCCCCCCC)OC(=O)CCCCCCCCCCCCCCCCCCCCCCCC. The van der Waals surface area contributed by atoms with E-state index >= 15 is 0 Å². The minimum Gasteiger partial charge on any atom is -0.462 e. The third-order valence-electron chi connectivity index (χ3n) is 16.1. The van der Waals surface area contributed by atoms with Gasteiger partial charge in [-0.05, 0) is 57.8 Å². The average molecular weight is 1110 g/mol. The van der Waals surface area contributed by atoms with E-state index in [4.69, 9.17) is 14.2 Å². The Balaban J connectivity index is 4.26. The van der Waals surface area contributed by atoms with Gasteiger partial charge < -0.3 is 14.2 Å². The summed E-state index contributed by atoms with van der Waals surface area (Å²) in [5.74, 6) is -0.840. The first-order valence-corrected chi connectivity index (χ1v) is 35.5. The van der Waals surface area contributed by atoms with E-state index in [1.54, 1.807) is 0 Å². The predicted molar refractivity (Wildman–Crippen MR) is 344 cm³/mol. The molecule has 0 aliphatic carbocycles. The third kappa shape index (κ3) is 66.3. The molecule has 0 aromatic rings. The Labute approximate surface area is 493 Å². The van der Waals surface area contributed by atoms with Gasteiger partial charge >= 0.3 is 17.9 Å². The standard InChI is InChI=1S/C73H136O6/c1-4-7-10-13-16-19-22-25-28-30-32-34-36-37-38-40-41-43-45-48-51-54-57-60-63-66-72(75)78-69-70(68-77-71(74)65-62-59-56-53-50-47-27-24-21-18-15-12-9-6-3)79-73(76)67-64-61-58-55-52-49-46-44-42-39-35-33-31-29-26-23-20-17-14-11-8-5-2/h22,25,30,32,36-37,70H,4-21,23-24,26-29,31,33-35,38-69H2,1-3H3/b25-22-,32-30-,37-36-. The molecule has 0 spiro atoms. The van der Waals surface area contributed by atoms with Crippen LogP contribution in [0.25, 0.3) is 0 Å². The fourth-order valence-electron chi connectivity index (χ4n) is 10.8. The maximum atomic E-state index is 13.0. The number of rotatable bonds is 66. The molecule has 0 saturated carbocycles. The first kappa shape index (κ1) is 76.6. The number of carbonyl (C=O) groups excluding carboxylic acids is 3. The Bertz CT molecular complexity index is 1320. The highest BCUT2D eigenvalue weighted by atomic mass is 16.6. The first-order chi connectivity index (χ1) is 39.0. The Hall–Kier alpha value is -2.37. The lowest BCUT2D eigenvalue weighted by molar-refractivity contribution is -0.167. The third-order valence-corrected chi connectivity index (χ3v) is 16.1. The van der Waals surface area contributed by atoms with Crippen molar-refractivity contribution < 1.29 is 28.6 Å². The molecule has 0 aromatic heterocycles. The molecule has 0 amide bonds. The number of ether oxygens (including phenoxy) is 3. The van der Waals surface area contributed by atoms with Gasteiger partial charge in [-0.2, -0.15) is 0 Å². The van der Waals surface area contributed by atoms with Crippen LogP contribution in [0.1, 0.15) is 393 Å². The summed E-state index contributed by atoms with van der Waals surface area (Å²) in [6.07, 6.45) is 84.5. The van der Waals surface area contributed by atoms with E-state index in [1.165, 1.54) is 283 Å². The van der Waals surface area contributed by atoms with E-state index < -0.39 is 6.10 Å². The van der Waals surface area contributed by atoms with Crippen LogP contribution in [0.15, 0.2) is 36.5 Å². The molecule has 0 radical (unpaired) electrons. The zero-order valence-electron chi connectivity index (χ0n) is 53.4. The lowest BCUT2D eigenvalue weighted by Crippen LogP contribution is -2.30. The zero-order valence-corrected chi connectivity index (χ0v) is 53.4. The summed E-state index contributed by atoms with van der Waals surface area (Å²) >= 11 is 0. The molecule has 0 fully saturated rings. The Morgan fingerprint density at radius 2 is 0.456 bits per heavy atom. The number of unbranched alkanes of at least 4 members (excludes halogenated alkanes) is 49. The molecule has 6 nitrogen and oxygen atoms in total. The van der Waals surface area contributed by atoms with E-state index in [-0.39, 0.29) is 31.1 Å². The van der Waals surface area contributed by atoms with Crippen LogP contribution in [-0.4, -0.2) is 37.2 Å². The molecule has 1 unspecified atom stereocenters. The normalized spacial score (nSPS) is 12.2. The first-order valence-electron chi connectivity index (χ1n) is 35.5. The Morgan fingerprint density at radius 1 is 0.253 bits per heavy atom. The molecule has 79 heavy (non-hydrogen) atoms. The fraction of sp³-hybridized carbons (Fsp3) is 0.877. The maximum Gasteiger partial charge on any atom is 0.306 e. The van der Waals surface area contributed by atoms with Crippen LogP contribution in [-0.2, 0) is 28.6 Å². The summed E-state index contributed by atoms with van der Waals surface area (Å²) in [7, 11) is 0. The van der Waals surface area contributed by atoms with Crippen LogP contribution in [0.2, 0.25) is 0 Å². The Kier molecular flexibility index (Phi) is 66.1. The van der Waals surface area contributed by atoms with Crippen molar-refractivity contribution in [2.24, 2.45) is 0 Å². The fourth-order valence-corrected chi connectivity index (χ4v) is 10.8. The molecule has 464 valence electrons. The number of hydrogen-bond acceptors (Lipinski definition) is 6. The summed E-state index contributed by atoms with van der Waals surface area (Å²) in [6, 6.07) is 0. The summed E-state index contributed by atoms with van der Waals surface area (Å²) in [5, 5.41) is 0. The van der Waals surface area contributed by atoms with Crippen molar-refractivity contribution in [2.45, 2.75) is 399 Å². The number of carbonyl (C=O) groups is 3. The van der Waals surface area contributed by atoms with E-state index in [0.29, 0.717) is 19.3 Å². The van der Waals surface area contributed by atoms with Gasteiger partial charge in [0.2, 0.25) is 0 Å². The van der Waals surface area contributed by atoms with Crippen molar-refractivity contribution in [2.75, 3.05) is 13.2 Å². The van der Waals surface area contributed by atoms with Crippen LogP contribution >= 0.6 is 0 Å². The highest BCUT2D eigenvalue weighted by Gasteiger charge is 2.19. The lowest BCUT2D eigenvalue weighted by Gasteiger charge is -2.18. The minimum atomic E-state index is -0.771. The topological polar surface area (TPSA) is 78.9 Å². The van der Waals surface area contributed by atoms with Gasteiger partial charge in [0.25, 0.3) is 0 Å². The van der Waals surface area contributed by atoms with Gasteiger partial charge in [0.05, 0.1) is 0 Å². The summed E-state index contributed by atoms with van der Waals surface area (Å²) in [5.41, 5.74) is 0. The van der Waals surface area contributed by atoms with Gasteiger partial charge in [-0.3, -0.25) is 14.4 Å². The van der Waals surface area contributed by atoms with Gasteiger partial charge in [-0.25, -0.2) is 0 Å². The number of hydrogen-bond donors (Lipinski definition) is 0. The highest BCUT2D eigenvalue weighted by molar-refractivity contribution is 5.71. The smallest absolute Gasteiger partial charge is 0.306 e. The van der Waals surface area contributed by atoms with Crippen LogP contribution in [0.4, 0.5) is 0 Å². The largest absolute Gasteiger partial charge is 0.462 e. The molecule has 6 heteroatoms. The van der Waals surface area contributed by atoms with E-state index in [9.17, 15) is 14.4 Å². The summed E-state index contributed by atoms with van der Waals surface area (Å²) in [6.45, 7) is 6.70. The quantitative estimate of drug-likeness (QED) is 0.0261. The highest BCUT2D eigenvalue weighted by Crippen LogP contribution is 2.19. The van der Waals surface area contributed by atoms with Crippen molar-refractivity contribution in [3.05, 3.63) is 36.5 Å². The van der Waals surface area contributed by atoms with Crippen LogP contribution in [0, 0.1) is 0 Å². The molecule has 1 atom stereocenters. The van der Waals surface area contributed by atoms with Gasteiger partial charge in [0.15, 0.2) is 6.10 Å². The molecular weight excluding hydrogens is 973 g/mol. The van der Waals surface area contributed by atoms with Crippen LogP contribution in [0.3, 0.4) is 0 Å². The lowest BCUT2D eigenvalue weighted by atomic mass is 10.0. The second kappa shape index (κ2) is 68.1. The van der Waals surface area contributed by atoms with Crippen molar-refractivity contribution >= 4 is 17.9 Å². The van der Waals surface area contributed by atoms with E-state index in [0.717, 1.165) is 70.6 Å². The summed E-state index contributed by atoms with van der Waals surface area (Å²) < 4.78 is 17.0. The second-order valence-corrected chi connectivity index (χ2v) is 24.2. The van der Waals surface area contributed by atoms with Crippen LogP contribution < -0.4 is 0 Å². The van der Waals surface area contributed by atoms with Gasteiger partial charge in [0.1, 0.15) is 13.2 Å². The predicted octanol–water partition coefficient (Wildman–Crippen LogP) is 24.3. The molecule has 0 aliphatic heterocycles. The molecule has 0 bridgehead atoms. The molecule has 0 rings (SSSR count). The van der Waals surface area contributed by atoms with Crippen molar-refractivity contribution in [1.82, 2.24) is 0 Å². The molecule has 0 aliphatic rings. The number of esters is 3.